The van der Waals surface area contributed by atoms with E-state index < -0.39 is 0 Å². The lowest BCUT2D eigenvalue weighted by Crippen LogP contribution is -2.38. The van der Waals surface area contributed by atoms with Gasteiger partial charge in [-0.25, -0.2) is 4.98 Å². The van der Waals surface area contributed by atoms with E-state index in [-0.39, 0.29) is 11.7 Å². The number of aromatic nitrogens is 3. The summed E-state index contributed by atoms with van der Waals surface area (Å²) in [6, 6.07) is 15.5. The van der Waals surface area contributed by atoms with Crippen LogP contribution in [0.1, 0.15) is 24.4 Å². The second kappa shape index (κ2) is 8.36. The lowest BCUT2D eigenvalue weighted by atomic mass is 10.1. The van der Waals surface area contributed by atoms with E-state index in [9.17, 15) is 4.79 Å². The minimum Gasteiger partial charge on any atom is -0.490 e. The van der Waals surface area contributed by atoms with Gasteiger partial charge in [0.1, 0.15) is 17.7 Å². The topological polar surface area (TPSA) is 63.1 Å². The molecule has 0 bridgehead atoms. The quantitative estimate of drug-likeness (QED) is 0.475. The van der Waals surface area contributed by atoms with E-state index in [1.165, 1.54) is 6.07 Å². The van der Waals surface area contributed by atoms with E-state index in [4.69, 9.17) is 16.3 Å². The summed E-state index contributed by atoms with van der Waals surface area (Å²) in [5, 5.41) is 1.79. The molecule has 2 aromatic heterocycles. The van der Waals surface area contributed by atoms with Crippen molar-refractivity contribution < 1.29 is 4.74 Å². The van der Waals surface area contributed by atoms with Crippen LogP contribution < -0.4 is 15.2 Å². The minimum atomic E-state index is -0.102. The Bertz CT molecular complexity index is 1340. The van der Waals surface area contributed by atoms with E-state index in [0.29, 0.717) is 16.5 Å². The number of H-pyrrole nitrogens is 1. The van der Waals surface area contributed by atoms with Crippen LogP contribution in [0.15, 0.2) is 59.5 Å². The van der Waals surface area contributed by atoms with Crippen LogP contribution >= 0.6 is 11.6 Å². The first-order valence-electron chi connectivity index (χ1n) is 10.8. The molecule has 0 aliphatic carbocycles. The Labute approximate surface area is 191 Å². The number of aromatic amines is 1. The van der Waals surface area contributed by atoms with Crippen LogP contribution in [0, 0.1) is 13.8 Å². The van der Waals surface area contributed by atoms with E-state index >= 15 is 0 Å². The summed E-state index contributed by atoms with van der Waals surface area (Å²) in [7, 11) is 0. The molecular weight excluding hydrogens is 424 g/mol. The molecule has 164 valence electrons. The number of benzene rings is 2. The van der Waals surface area contributed by atoms with Crippen molar-refractivity contribution in [3.05, 3.63) is 81.6 Å². The van der Waals surface area contributed by atoms with Gasteiger partial charge in [0.2, 0.25) is 0 Å². The molecule has 32 heavy (non-hydrogen) atoms. The smallest absolute Gasteiger partial charge is 0.258 e. The van der Waals surface area contributed by atoms with Gasteiger partial charge in [0.05, 0.1) is 16.4 Å². The van der Waals surface area contributed by atoms with Crippen LogP contribution in [0.3, 0.4) is 0 Å². The summed E-state index contributed by atoms with van der Waals surface area (Å²) < 4.78 is 7.83. The number of nitrogens with zero attached hydrogens (tertiary/aromatic N) is 3. The first kappa shape index (κ1) is 20.6. The Morgan fingerprint density at radius 3 is 2.62 bits per heavy atom. The molecule has 7 heteroatoms. The summed E-state index contributed by atoms with van der Waals surface area (Å²) >= 11 is 6.65. The van der Waals surface area contributed by atoms with Crippen LogP contribution in [0.2, 0.25) is 5.02 Å². The lowest BCUT2D eigenvalue weighted by molar-refractivity contribution is 0.171. The van der Waals surface area contributed by atoms with Crippen LogP contribution in [0.5, 0.6) is 5.75 Å². The SMILES string of the molecule is Cc1cc(=O)n(-c2ccc(N3CCC(Oc4ccc5[nH]ccc5c4)CC3)c(Cl)c2)c(C)n1. The molecule has 5 rings (SSSR count). The van der Waals surface area contributed by atoms with Crippen molar-refractivity contribution in [2.75, 3.05) is 18.0 Å². The van der Waals surface area contributed by atoms with Crippen LogP contribution in [-0.2, 0) is 0 Å². The number of hydrogen-bond acceptors (Lipinski definition) is 4. The molecule has 1 aliphatic heterocycles. The molecule has 1 fully saturated rings. The number of hydrogen-bond donors (Lipinski definition) is 1. The zero-order chi connectivity index (χ0) is 22.2. The van der Waals surface area contributed by atoms with Crippen LogP contribution in [0.25, 0.3) is 16.6 Å². The first-order chi connectivity index (χ1) is 15.5. The molecule has 1 saturated heterocycles. The highest BCUT2D eigenvalue weighted by Crippen LogP contribution is 2.31. The standard InChI is InChI=1S/C25H25ClN4O2/c1-16-13-25(31)30(17(2)28-16)19-3-6-24(22(26)15-19)29-11-8-20(9-12-29)32-21-4-5-23-18(14-21)7-10-27-23/h3-7,10,13-15,20,27H,8-9,11-12H2,1-2H3. The van der Waals surface area contributed by atoms with Crippen molar-refractivity contribution in [1.82, 2.24) is 14.5 Å². The fourth-order valence-corrected chi connectivity index (χ4v) is 4.75. The maximum atomic E-state index is 12.5. The number of halogens is 1. The van der Waals surface area contributed by atoms with Gasteiger partial charge in [0.25, 0.3) is 5.56 Å². The number of fused-ring (bicyclic) bond motifs is 1. The second-order valence-electron chi connectivity index (χ2n) is 8.29. The molecular formula is C25H25ClN4O2. The summed E-state index contributed by atoms with van der Waals surface area (Å²) in [6.07, 6.45) is 3.96. The molecule has 0 saturated carbocycles. The predicted octanol–water partition coefficient (Wildman–Crippen LogP) is 5.03. The monoisotopic (exact) mass is 448 g/mol. The summed E-state index contributed by atoms with van der Waals surface area (Å²) in [6.45, 7) is 5.37. The predicted molar refractivity (Wildman–Crippen MR) is 128 cm³/mol. The zero-order valence-electron chi connectivity index (χ0n) is 18.1. The number of rotatable bonds is 4. The third kappa shape index (κ3) is 3.98. The molecule has 0 atom stereocenters. The molecule has 6 nitrogen and oxygen atoms in total. The number of nitrogens with one attached hydrogen (secondary N) is 1. The molecule has 1 N–H and O–H groups in total. The number of anilines is 1. The molecule has 1 aliphatic rings. The maximum absolute atomic E-state index is 12.5. The van der Waals surface area contributed by atoms with Gasteiger partial charge in [0, 0.05) is 54.8 Å². The van der Waals surface area contributed by atoms with Gasteiger partial charge in [-0.1, -0.05) is 11.6 Å². The van der Waals surface area contributed by atoms with Crippen molar-refractivity contribution in [2.45, 2.75) is 32.8 Å². The third-order valence-electron chi connectivity index (χ3n) is 6.01. The Kier molecular flexibility index (Phi) is 5.39. The van der Waals surface area contributed by atoms with Gasteiger partial charge in [-0.2, -0.15) is 0 Å². The molecule has 0 amide bonds. The maximum Gasteiger partial charge on any atom is 0.258 e. The first-order valence-corrected chi connectivity index (χ1v) is 11.2. The van der Waals surface area contributed by atoms with Crippen LogP contribution in [-0.4, -0.2) is 33.7 Å². The van der Waals surface area contributed by atoms with Crippen molar-refractivity contribution >= 4 is 28.2 Å². The van der Waals surface area contributed by atoms with Gasteiger partial charge >= 0.3 is 0 Å². The number of aryl methyl sites for hydroxylation is 2. The molecule has 0 spiro atoms. The van der Waals surface area contributed by atoms with Crippen molar-refractivity contribution in [2.24, 2.45) is 0 Å². The number of ether oxygens (including phenoxy) is 1. The summed E-state index contributed by atoms with van der Waals surface area (Å²) in [5.41, 5.74) is 3.43. The fraction of sp³-hybridized carbons (Fsp3) is 0.280. The van der Waals surface area contributed by atoms with E-state index in [1.54, 1.807) is 4.57 Å². The van der Waals surface area contributed by atoms with Gasteiger partial charge in [0.15, 0.2) is 0 Å². The van der Waals surface area contributed by atoms with Crippen molar-refractivity contribution in [1.29, 1.82) is 0 Å². The molecule has 0 radical (unpaired) electrons. The molecule has 4 aromatic rings. The van der Waals surface area contributed by atoms with Crippen LogP contribution in [0.4, 0.5) is 5.69 Å². The van der Waals surface area contributed by atoms with Crippen molar-refractivity contribution in [3.8, 4) is 11.4 Å². The van der Waals surface area contributed by atoms with Gasteiger partial charge in [-0.15, -0.1) is 0 Å². The van der Waals surface area contributed by atoms with Gasteiger partial charge in [-0.3, -0.25) is 9.36 Å². The zero-order valence-corrected chi connectivity index (χ0v) is 18.9. The minimum absolute atomic E-state index is 0.102. The third-order valence-corrected chi connectivity index (χ3v) is 6.32. The Morgan fingerprint density at radius 1 is 1.06 bits per heavy atom. The Morgan fingerprint density at radius 2 is 1.88 bits per heavy atom. The van der Waals surface area contributed by atoms with E-state index in [0.717, 1.165) is 54.0 Å². The highest BCUT2D eigenvalue weighted by atomic mass is 35.5. The molecule has 0 unspecified atom stereocenters. The summed E-state index contributed by atoms with van der Waals surface area (Å²) in [5.74, 6) is 1.56. The average molecular weight is 449 g/mol. The molecule has 3 heterocycles. The Hall–Kier alpha value is -3.25. The van der Waals surface area contributed by atoms with Gasteiger partial charge < -0.3 is 14.6 Å². The normalized spacial score (nSPS) is 14.8. The molecule has 2 aromatic carbocycles. The Balaban J connectivity index is 1.28. The summed E-state index contributed by atoms with van der Waals surface area (Å²) in [4.78, 5) is 22.3. The average Bonchev–Trinajstić information content (AvgIpc) is 3.22. The fourth-order valence-electron chi connectivity index (χ4n) is 4.46. The lowest BCUT2D eigenvalue weighted by Gasteiger charge is -2.34. The van der Waals surface area contributed by atoms with E-state index in [1.807, 2.05) is 44.3 Å². The highest BCUT2D eigenvalue weighted by molar-refractivity contribution is 6.33. The van der Waals surface area contributed by atoms with Gasteiger partial charge in [-0.05, 0) is 56.3 Å². The highest BCUT2D eigenvalue weighted by Gasteiger charge is 2.22. The largest absolute Gasteiger partial charge is 0.490 e. The van der Waals surface area contributed by atoms with E-state index in [2.05, 4.69) is 33.1 Å². The van der Waals surface area contributed by atoms with Crippen molar-refractivity contribution in [3.63, 3.8) is 0 Å². The number of piperidine rings is 1. The second-order valence-corrected chi connectivity index (χ2v) is 8.69.